The van der Waals surface area contributed by atoms with Crippen LogP contribution in [0, 0.1) is 0 Å². The Morgan fingerprint density at radius 1 is 1.31 bits per heavy atom. The maximum Gasteiger partial charge on any atom is 0.332 e. The molecule has 0 bridgehead atoms. The van der Waals surface area contributed by atoms with Gasteiger partial charge in [-0.2, -0.15) is 0 Å². The minimum absolute atomic E-state index is 0.0281. The van der Waals surface area contributed by atoms with Crippen molar-refractivity contribution in [1.29, 1.82) is 0 Å². The van der Waals surface area contributed by atoms with Gasteiger partial charge in [-0.25, -0.2) is 9.59 Å². The number of hydrogen-bond acceptors (Lipinski definition) is 5. The average molecular weight is 188 g/mol. The molecule has 0 N–H and O–H groups in total. The van der Waals surface area contributed by atoms with Gasteiger partial charge in [-0.3, -0.25) is 0 Å². The smallest absolute Gasteiger partial charge is 0.332 e. The highest BCUT2D eigenvalue weighted by atomic mass is 16.6. The fraction of sp³-hybridized carbons (Fsp3) is 0.500. The molecule has 0 spiro atoms. The minimum atomic E-state index is -0.539. The summed E-state index contributed by atoms with van der Waals surface area (Å²) >= 11 is 0. The summed E-state index contributed by atoms with van der Waals surface area (Å²) in [6, 6.07) is 0. The highest BCUT2D eigenvalue weighted by Crippen LogP contribution is 1.83. The zero-order valence-corrected chi connectivity index (χ0v) is 7.45. The van der Waals surface area contributed by atoms with E-state index in [-0.39, 0.29) is 19.8 Å². The van der Waals surface area contributed by atoms with Gasteiger partial charge in [0.05, 0.1) is 0 Å². The van der Waals surface area contributed by atoms with E-state index in [1.54, 1.807) is 0 Å². The van der Waals surface area contributed by atoms with Crippen molar-refractivity contribution in [2.75, 3.05) is 26.9 Å². The predicted molar refractivity (Wildman–Crippen MR) is 44.0 cm³/mol. The van der Waals surface area contributed by atoms with Crippen molar-refractivity contribution < 1.29 is 23.8 Å². The molecule has 0 aliphatic heterocycles. The molecular formula is C8H12O5. The van der Waals surface area contributed by atoms with Gasteiger partial charge in [0.2, 0.25) is 0 Å². The number of methoxy groups -OCH3 is 1. The molecule has 5 nitrogen and oxygen atoms in total. The molecule has 0 saturated carbocycles. The summed E-state index contributed by atoms with van der Waals surface area (Å²) in [7, 11) is 1.39. The van der Waals surface area contributed by atoms with Crippen LogP contribution in [-0.2, 0) is 23.8 Å². The van der Waals surface area contributed by atoms with Crippen LogP contribution >= 0.6 is 0 Å². The molecule has 0 aromatic carbocycles. The molecule has 0 fully saturated rings. The van der Waals surface area contributed by atoms with E-state index in [1.165, 1.54) is 7.11 Å². The van der Waals surface area contributed by atoms with Gasteiger partial charge in [0.1, 0.15) is 19.8 Å². The first-order chi connectivity index (χ1) is 6.20. The van der Waals surface area contributed by atoms with Gasteiger partial charge in [-0.1, -0.05) is 6.58 Å². The number of carbonyl (C=O) groups is 2. The van der Waals surface area contributed by atoms with Crippen LogP contribution in [-0.4, -0.2) is 38.9 Å². The fourth-order valence-corrected chi connectivity index (χ4v) is 0.516. The molecule has 13 heavy (non-hydrogen) atoms. The fourth-order valence-electron chi connectivity index (χ4n) is 0.516. The second-order valence-corrected chi connectivity index (χ2v) is 2.03. The van der Waals surface area contributed by atoms with Gasteiger partial charge in [0.15, 0.2) is 0 Å². The summed E-state index contributed by atoms with van der Waals surface area (Å²) in [6.45, 7) is 3.16. The predicted octanol–water partition coefficient (Wildman–Crippen LogP) is -0.0948. The number of carbonyl (C=O) groups excluding carboxylic acids is 2. The first kappa shape index (κ1) is 11.6. The third-order valence-electron chi connectivity index (χ3n) is 1.02. The summed E-state index contributed by atoms with van der Waals surface area (Å²) in [4.78, 5) is 21.1. The molecule has 74 valence electrons. The van der Waals surface area contributed by atoms with Crippen LogP contribution in [0.1, 0.15) is 0 Å². The number of esters is 2. The molecule has 0 saturated heterocycles. The van der Waals surface area contributed by atoms with Gasteiger partial charge in [0, 0.05) is 13.2 Å². The third-order valence-corrected chi connectivity index (χ3v) is 1.02. The van der Waals surface area contributed by atoms with E-state index in [0.717, 1.165) is 6.08 Å². The normalized spacial score (nSPS) is 9.00. The lowest BCUT2D eigenvalue weighted by atomic mass is 10.6. The van der Waals surface area contributed by atoms with Gasteiger partial charge in [-0.15, -0.1) is 0 Å². The maximum atomic E-state index is 10.6. The first-order valence-electron chi connectivity index (χ1n) is 3.64. The lowest BCUT2D eigenvalue weighted by Gasteiger charge is -2.03. The van der Waals surface area contributed by atoms with Crippen LogP contribution in [0.3, 0.4) is 0 Å². The zero-order chi connectivity index (χ0) is 10.1. The van der Waals surface area contributed by atoms with Crippen LogP contribution in [0.15, 0.2) is 12.7 Å². The number of ether oxygens (including phenoxy) is 3. The third kappa shape index (κ3) is 7.02. The van der Waals surface area contributed by atoms with E-state index in [1.807, 2.05) is 0 Å². The Morgan fingerprint density at radius 2 is 1.92 bits per heavy atom. The van der Waals surface area contributed by atoms with Crippen molar-refractivity contribution in [3.8, 4) is 0 Å². The van der Waals surface area contributed by atoms with Crippen molar-refractivity contribution in [1.82, 2.24) is 0 Å². The molecule has 0 aliphatic rings. The van der Waals surface area contributed by atoms with Crippen LogP contribution in [0.4, 0.5) is 0 Å². The quantitative estimate of drug-likeness (QED) is 0.331. The number of hydrogen-bond donors (Lipinski definition) is 0. The van der Waals surface area contributed by atoms with Crippen molar-refractivity contribution in [3.63, 3.8) is 0 Å². The molecule has 0 unspecified atom stereocenters. The lowest BCUT2D eigenvalue weighted by Crippen LogP contribution is -2.15. The second-order valence-electron chi connectivity index (χ2n) is 2.03. The van der Waals surface area contributed by atoms with Gasteiger partial charge >= 0.3 is 11.9 Å². The molecule has 0 radical (unpaired) electrons. The zero-order valence-electron chi connectivity index (χ0n) is 7.45. The lowest BCUT2D eigenvalue weighted by molar-refractivity contribution is -0.152. The SMILES string of the molecule is C=CC(=O)OCCOC(=O)COC. The summed E-state index contributed by atoms with van der Waals surface area (Å²) in [6.07, 6.45) is 1.04. The molecule has 0 rings (SSSR count). The Balaban J connectivity index is 3.30. The van der Waals surface area contributed by atoms with E-state index in [9.17, 15) is 9.59 Å². The number of rotatable bonds is 6. The van der Waals surface area contributed by atoms with E-state index < -0.39 is 11.9 Å². The minimum Gasteiger partial charge on any atom is -0.460 e. The Morgan fingerprint density at radius 3 is 2.46 bits per heavy atom. The maximum absolute atomic E-state index is 10.6. The van der Waals surface area contributed by atoms with E-state index in [2.05, 4.69) is 20.8 Å². The van der Waals surface area contributed by atoms with E-state index >= 15 is 0 Å². The molecule has 0 aliphatic carbocycles. The average Bonchev–Trinajstić information content (AvgIpc) is 2.12. The van der Waals surface area contributed by atoms with Gasteiger partial charge < -0.3 is 14.2 Å². The van der Waals surface area contributed by atoms with Gasteiger partial charge in [0.25, 0.3) is 0 Å². The summed E-state index contributed by atoms with van der Waals surface area (Å²) < 4.78 is 13.7. The monoisotopic (exact) mass is 188 g/mol. The topological polar surface area (TPSA) is 61.8 Å². The van der Waals surface area contributed by atoms with Crippen molar-refractivity contribution in [2.45, 2.75) is 0 Å². The second kappa shape index (κ2) is 7.30. The van der Waals surface area contributed by atoms with Crippen LogP contribution in [0.5, 0.6) is 0 Å². The van der Waals surface area contributed by atoms with Crippen LogP contribution in [0.25, 0.3) is 0 Å². The standard InChI is InChI=1S/C8H12O5/c1-3-7(9)12-4-5-13-8(10)6-11-2/h3H,1,4-6H2,2H3. The van der Waals surface area contributed by atoms with Crippen molar-refractivity contribution in [2.24, 2.45) is 0 Å². The Labute approximate surface area is 76.3 Å². The summed E-state index contributed by atoms with van der Waals surface area (Å²) in [5.41, 5.74) is 0. The molecule has 0 aromatic rings. The summed E-state index contributed by atoms with van der Waals surface area (Å²) in [5, 5.41) is 0. The van der Waals surface area contributed by atoms with Gasteiger partial charge in [-0.05, 0) is 0 Å². The van der Waals surface area contributed by atoms with E-state index in [0.29, 0.717) is 0 Å². The first-order valence-corrected chi connectivity index (χ1v) is 3.64. The molecule has 0 atom stereocenters. The van der Waals surface area contributed by atoms with E-state index in [4.69, 9.17) is 0 Å². The molecule has 0 aromatic heterocycles. The molecule has 0 heterocycles. The van der Waals surface area contributed by atoms with Crippen molar-refractivity contribution >= 4 is 11.9 Å². The van der Waals surface area contributed by atoms with Crippen LogP contribution in [0.2, 0.25) is 0 Å². The van der Waals surface area contributed by atoms with Crippen molar-refractivity contribution in [3.05, 3.63) is 12.7 Å². The highest BCUT2D eigenvalue weighted by molar-refractivity contribution is 5.81. The Bertz CT molecular complexity index is 187. The summed E-state index contributed by atoms with van der Waals surface area (Å²) in [5.74, 6) is -1.03. The molecule has 0 amide bonds. The highest BCUT2D eigenvalue weighted by Gasteiger charge is 2.01. The van der Waals surface area contributed by atoms with Crippen LogP contribution < -0.4 is 0 Å². The Kier molecular flexibility index (Phi) is 6.53. The molecular weight excluding hydrogens is 176 g/mol. The Hall–Kier alpha value is -1.36. The largest absolute Gasteiger partial charge is 0.460 e. The molecule has 5 heteroatoms.